The molecule has 0 aromatic heterocycles. The van der Waals surface area contributed by atoms with Crippen molar-refractivity contribution >= 4 is 11.9 Å². The molecule has 7 atom stereocenters. The van der Waals surface area contributed by atoms with Crippen LogP contribution in [0.15, 0.2) is 30.3 Å². The van der Waals surface area contributed by atoms with E-state index in [0.29, 0.717) is 12.0 Å². The zero-order valence-electron chi connectivity index (χ0n) is 16.9. The van der Waals surface area contributed by atoms with E-state index in [9.17, 15) is 24.9 Å². The number of hydrogen-bond donors (Lipinski definition) is 3. The molecule has 158 valence electrons. The van der Waals surface area contributed by atoms with E-state index in [2.05, 4.69) is 0 Å². The molecule has 3 N–H and O–H groups in total. The summed E-state index contributed by atoms with van der Waals surface area (Å²) in [7, 11) is 0. The maximum absolute atomic E-state index is 12.5. The van der Waals surface area contributed by atoms with E-state index in [1.54, 1.807) is 37.3 Å². The van der Waals surface area contributed by atoms with Gasteiger partial charge in [0.15, 0.2) is 0 Å². The molecule has 7 nitrogen and oxygen atoms in total. The second kappa shape index (κ2) is 6.27. The molecule has 1 aromatic carbocycles. The third kappa shape index (κ3) is 2.41. The number of aliphatic hydroxyl groups is 3. The van der Waals surface area contributed by atoms with Crippen LogP contribution in [0.5, 0.6) is 0 Å². The predicted octanol–water partition coefficient (Wildman–Crippen LogP) is 1.44. The van der Waals surface area contributed by atoms with E-state index < -0.39 is 46.2 Å². The van der Waals surface area contributed by atoms with Crippen LogP contribution in [0.1, 0.15) is 50.4 Å². The van der Waals surface area contributed by atoms with Gasteiger partial charge in [0, 0.05) is 5.41 Å². The molecule has 2 bridgehead atoms. The maximum Gasteiger partial charge on any atom is 0.338 e. The lowest BCUT2D eigenvalue weighted by Crippen LogP contribution is -2.79. The van der Waals surface area contributed by atoms with Crippen molar-refractivity contribution in [2.45, 2.75) is 63.4 Å². The Kier molecular flexibility index (Phi) is 4.39. The van der Waals surface area contributed by atoms with Crippen molar-refractivity contribution in [3.8, 4) is 0 Å². The van der Waals surface area contributed by atoms with Gasteiger partial charge in [0.1, 0.15) is 18.3 Å². The summed E-state index contributed by atoms with van der Waals surface area (Å²) in [5.74, 6) is -1.12. The van der Waals surface area contributed by atoms with Crippen LogP contribution in [0, 0.1) is 16.7 Å². The molecule has 3 fully saturated rings. The highest BCUT2D eigenvalue weighted by molar-refractivity contribution is 5.89. The summed E-state index contributed by atoms with van der Waals surface area (Å²) < 4.78 is 11.0. The second-order valence-corrected chi connectivity index (χ2v) is 9.36. The van der Waals surface area contributed by atoms with Crippen LogP contribution in [0.4, 0.5) is 0 Å². The molecule has 7 heteroatoms. The fraction of sp³-hybridized carbons (Fsp3) is 0.636. The van der Waals surface area contributed by atoms with Gasteiger partial charge < -0.3 is 24.8 Å². The minimum Gasteiger partial charge on any atom is -0.461 e. The lowest BCUT2D eigenvalue weighted by Gasteiger charge is -2.66. The quantitative estimate of drug-likeness (QED) is 0.653. The Morgan fingerprint density at radius 3 is 2.55 bits per heavy atom. The molecule has 0 unspecified atom stereocenters. The normalized spacial score (nSPS) is 46.0. The third-order valence-corrected chi connectivity index (χ3v) is 8.14. The first-order valence-corrected chi connectivity index (χ1v) is 10.0. The van der Waals surface area contributed by atoms with Crippen molar-refractivity contribution in [2.75, 3.05) is 6.61 Å². The van der Waals surface area contributed by atoms with Gasteiger partial charge in [0.25, 0.3) is 0 Å². The summed E-state index contributed by atoms with van der Waals surface area (Å²) in [6, 6.07) is 8.43. The number of aliphatic hydroxyl groups excluding tert-OH is 1. The van der Waals surface area contributed by atoms with E-state index >= 15 is 0 Å². The average Bonchev–Trinajstić information content (AvgIpc) is 2.79. The van der Waals surface area contributed by atoms with Crippen molar-refractivity contribution < 1.29 is 34.4 Å². The Morgan fingerprint density at radius 1 is 1.24 bits per heavy atom. The fourth-order valence-corrected chi connectivity index (χ4v) is 6.07. The van der Waals surface area contributed by atoms with Gasteiger partial charge in [0.2, 0.25) is 0 Å². The van der Waals surface area contributed by atoms with Crippen LogP contribution in [0.3, 0.4) is 0 Å². The topological polar surface area (TPSA) is 113 Å². The minimum absolute atomic E-state index is 0.0451. The fourth-order valence-electron chi connectivity index (χ4n) is 6.07. The van der Waals surface area contributed by atoms with Gasteiger partial charge in [-0.25, -0.2) is 4.79 Å². The van der Waals surface area contributed by atoms with Gasteiger partial charge in [-0.3, -0.25) is 4.79 Å². The number of hydrogen-bond acceptors (Lipinski definition) is 7. The molecule has 0 amide bonds. The summed E-state index contributed by atoms with van der Waals surface area (Å²) in [5, 5.41) is 34.3. The smallest absolute Gasteiger partial charge is 0.338 e. The van der Waals surface area contributed by atoms with E-state index in [1.165, 1.54) is 6.92 Å². The lowest BCUT2D eigenvalue weighted by molar-refractivity contribution is -0.334. The lowest BCUT2D eigenvalue weighted by atomic mass is 9.44. The summed E-state index contributed by atoms with van der Waals surface area (Å²) in [5.41, 5.74) is -5.48. The van der Waals surface area contributed by atoms with Crippen molar-refractivity contribution in [2.24, 2.45) is 16.7 Å². The van der Waals surface area contributed by atoms with Crippen LogP contribution in [0.2, 0.25) is 0 Å². The van der Waals surface area contributed by atoms with Gasteiger partial charge in [-0.1, -0.05) is 32.0 Å². The second-order valence-electron chi connectivity index (χ2n) is 9.36. The molecule has 0 spiro atoms. The molecule has 2 saturated carbocycles. The molecule has 4 rings (SSSR count). The molecule has 3 aliphatic rings. The molecule has 1 aromatic rings. The van der Waals surface area contributed by atoms with E-state index in [-0.39, 0.29) is 25.4 Å². The summed E-state index contributed by atoms with van der Waals surface area (Å²) >= 11 is 0. The average molecular weight is 404 g/mol. The highest BCUT2D eigenvalue weighted by Gasteiger charge is 2.81. The van der Waals surface area contributed by atoms with Gasteiger partial charge in [-0.15, -0.1) is 0 Å². The Morgan fingerprint density at radius 2 is 1.90 bits per heavy atom. The molecule has 29 heavy (non-hydrogen) atoms. The molecule has 1 aliphatic heterocycles. The predicted molar refractivity (Wildman–Crippen MR) is 102 cm³/mol. The Bertz CT molecular complexity index is 837. The van der Waals surface area contributed by atoms with Crippen LogP contribution in [-0.2, 0) is 14.3 Å². The Hall–Kier alpha value is -1.96. The van der Waals surface area contributed by atoms with Gasteiger partial charge in [-0.2, -0.15) is 0 Å². The zero-order chi connectivity index (χ0) is 21.2. The first-order valence-electron chi connectivity index (χ1n) is 10.0. The standard InChI is InChI=1S/C22H28O7/c1-13-9-16-22(27)19(2,12-28-18(25)14-7-5-4-6-8-14)20(3,26)15(23)10-21(13,22)11-17(24)29-16/h4-8,13,15-16,23,26-27H,9-12H2,1-3H3/t13-,15-,16-,19-,20+,21-,22+/m1/s1. The molecular weight excluding hydrogens is 376 g/mol. The van der Waals surface area contributed by atoms with Crippen molar-refractivity contribution in [1.82, 2.24) is 0 Å². The van der Waals surface area contributed by atoms with E-state index in [1.807, 2.05) is 6.92 Å². The highest BCUT2D eigenvalue weighted by Crippen LogP contribution is 2.70. The van der Waals surface area contributed by atoms with Gasteiger partial charge >= 0.3 is 11.9 Å². The van der Waals surface area contributed by atoms with Crippen LogP contribution in [0.25, 0.3) is 0 Å². The third-order valence-electron chi connectivity index (χ3n) is 8.14. The number of esters is 2. The van der Waals surface area contributed by atoms with E-state index in [4.69, 9.17) is 9.47 Å². The number of carbonyl (C=O) groups is 2. The number of benzene rings is 1. The maximum atomic E-state index is 12.5. The highest BCUT2D eigenvalue weighted by atomic mass is 16.6. The van der Waals surface area contributed by atoms with Crippen molar-refractivity contribution in [3.63, 3.8) is 0 Å². The van der Waals surface area contributed by atoms with Crippen molar-refractivity contribution in [1.29, 1.82) is 0 Å². The molecule has 2 aliphatic carbocycles. The van der Waals surface area contributed by atoms with Gasteiger partial charge in [-0.05, 0) is 37.8 Å². The monoisotopic (exact) mass is 404 g/mol. The SMILES string of the molecule is C[C@@H]1C[C@H]2OC(=O)C[C@]13C[C@@H](O)[C@](C)(O)[C@@](C)(COC(=O)c1ccccc1)[C@@]23O. The van der Waals surface area contributed by atoms with Crippen LogP contribution < -0.4 is 0 Å². The minimum atomic E-state index is -1.77. The zero-order valence-corrected chi connectivity index (χ0v) is 16.9. The van der Waals surface area contributed by atoms with Crippen LogP contribution in [-0.4, -0.2) is 57.3 Å². The Labute approximate surface area is 169 Å². The number of ether oxygens (including phenoxy) is 2. The first-order chi connectivity index (χ1) is 13.5. The molecule has 1 saturated heterocycles. The number of carbonyl (C=O) groups excluding carboxylic acids is 2. The largest absolute Gasteiger partial charge is 0.461 e. The molecule has 0 radical (unpaired) electrons. The molecule has 1 heterocycles. The first kappa shape index (κ1) is 20.3. The van der Waals surface area contributed by atoms with Crippen LogP contribution >= 0.6 is 0 Å². The van der Waals surface area contributed by atoms with Crippen molar-refractivity contribution in [3.05, 3.63) is 35.9 Å². The molecular formula is C22H28O7. The summed E-state index contributed by atoms with van der Waals surface area (Å²) in [4.78, 5) is 24.8. The summed E-state index contributed by atoms with van der Waals surface area (Å²) in [6.45, 7) is 4.64. The Balaban J connectivity index is 1.75. The van der Waals surface area contributed by atoms with E-state index in [0.717, 1.165) is 0 Å². The van der Waals surface area contributed by atoms with Gasteiger partial charge in [0.05, 0.1) is 29.1 Å². The summed E-state index contributed by atoms with van der Waals surface area (Å²) in [6.07, 6.45) is -1.58. The number of rotatable bonds is 3.